The van der Waals surface area contributed by atoms with E-state index in [9.17, 15) is 0 Å². The van der Waals surface area contributed by atoms with Gasteiger partial charge in [0.1, 0.15) is 12.4 Å². The Bertz CT molecular complexity index is 471. The van der Waals surface area contributed by atoms with Gasteiger partial charge in [0, 0.05) is 25.5 Å². The molecule has 0 aliphatic heterocycles. The molecule has 0 spiro atoms. The monoisotopic (exact) mass is 242 g/mol. The number of hydrogen-bond acceptors (Lipinski definition) is 3. The van der Waals surface area contributed by atoms with Crippen molar-refractivity contribution in [1.29, 1.82) is 0 Å². The number of aryl methyl sites for hydroxylation is 1. The van der Waals surface area contributed by atoms with E-state index >= 15 is 0 Å². The molecule has 1 aromatic carbocycles. The van der Waals surface area contributed by atoms with Gasteiger partial charge in [0.25, 0.3) is 0 Å². The highest BCUT2D eigenvalue weighted by molar-refractivity contribution is 5.31. The van der Waals surface area contributed by atoms with Crippen LogP contribution in [-0.4, -0.2) is 18.1 Å². The minimum absolute atomic E-state index is 0.677. The Kier molecular flexibility index (Phi) is 4.73. The van der Waals surface area contributed by atoms with Crippen molar-refractivity contribution in [2.24, 2.45) is 0 Å². The molecule has 0 radical (unpaired) electrons. The fraction of sp³-hybridized carbons (Fsp3) is 0.267. The average molecular weight is 242 g/mol. The molecule has 3 heteroatoms. The zero-order valence-corrected chi connectivity index (χ0v) is 10.6. The molecule has 1 N–H and O–H groups in total. The smallest absolute Gasteiger partial charge is 0.122 e. The van der Waals surface area contributed by atoms with E-state index in [2.05, 4.69) is 23.3 Å². The molecule has 2 rings (SSSR count). The summed E-state index contributed by atoms with van der Waals surface area (Å²) in [6, 6.07) is 12.1. The van der Waals surface area contributed by atoms with Gasteiger partial charge in [-0.2, -0.15) is 0 Å². The Morgan fingerprint density at radius 2 is 1.89 bits per heavy atom. The lowest BCUT2D eigenvalue weighted by Crippen LogP contribution is -2.20. The maximum atomic E-state index is 5.70. The number of benzene rings is 1. The first-order valence-electron chi connectivity index (χ1n) is 6.14. The van der Waals surface area contributed by atoms with Crippen molar-refractivity contribution in [3.05, 3.63) is 59.9 Å². The molecular weight excluding hydrogens is 224 g/mol. The maximum Gasteiger partial charge on any atom is 0.122 e. The van der Waals surface area contributed by atoms with Gasteiger partial charge in [0.05, 0.1) is 0 Å². The third-order valence-electron chi connectivity index (χ3n) is 2.71. The number of rotatable bonds is 6. The van der Waals surface area contributed by atoms with Crippen LogP contribution in [0.25, 0.3) is 0 Å². The van der Waals surface area contributed by atoms with Crippen LogP contribution in [0.15, 0.2) is 48.8 Å². The Morgan fingerprint density at radius 1 is 1.11 bits per heavy atom. The largest absolute Gasteiger partial charge is 0.492 e. The molecule has 0 saturated carbocycles. The van der Waals surface area contributed by atoms with Gasteiger partial charge in [-0.25, -0.2) is 0 Å². The molecule has 0 aliphatic carbocycles. The predicted molar refractivity (Wildman–Crippen MR) is 72.6 cm³/mol. The van der Waals surface area contributed by atoms with Crippen LogP contribution in [0.1, 0.15) is 11.1 Å². The molecule has 0 amide bonds. The topological polar surface area (TPSA) is 34.1 Å². The van der Waals surface area contributed by atoms with Crippen molar-refractivity contribution >= 4 is 0 Å². The van der Waals surface area contributed by atoms with Crippen LogP contribution in [0.2, 0.25) is 0 Å². The van der Waals surface area contributed by atoms with E-state index in [0.29, 0.717) is 6.61 Å². The molecule has 1 heterocycles. The van der Waals surface area contributed by atoms with Gasteiger partial charge in [0.2, 0.25) is 0 Å². The third kappa shape index (κ3) is 3.86. The Hall–Kier alpha value is -1.87. The fourth-order valence-electron chi connectivity index (χ4n) is 1.68. The van der Waals surface area contributed by atoms with Gasteiger partial charge < -0.3 is 10.1 Å². The highest BCUT2D eigenvalue weighted by Gasteiger charge is 1.97. The van der Waals surface area contributed by atoms with Crippen molar-refractivity contribution in [2.45, 2.75) is 13.5 Å². The summed E-state index contributed by atoms with van der Waals surface area (Å²) < 4.78 is 5.70. The lowest BCUT2D eigenvalue weighted by Gasteiger charge is -2.09. The number of nitrogens with zero attached hydrogens (tertiary/aromatic N) is 1. The maximum absolute atomic E-state index is 5.70. The SMILES string of the molecule is Cc1ccccc1OCCNCc1ccncc1. The summed E-state index contributed by atoms with van der Waals surface area (Å²) in [6.07, 6.45) is 3.61. The molecule has 1 aromatic heterocycles. The van der Waals surface area contributed by atoms with Crippen LogP contribution in [0.3, 0.4) is 0 Å². The number of para-hydroxylation sites is 1. The van der Waals surface area contributed by atoms with E-state index in [1.807, 2.05) is 30.3 Å². The molecule has 0 atom stereocenters. The van der Waals surface area contributed by atoms with Gasteiger partial charge in [-0.1, -0.05) is 18.2 Å². The van der Waals surface area contributed by atoms with E-state index in [4.69, 9.17) is 4.74 Å². The molecule has 0 saturated heterocycles. The summed E-state index contributed by atoms with van der Waals surface area (Å²) in [7, 11) is 0. The van der Waals surface area contributed by atoms with Crippen LogP contribution >= 0.6 is 0 Å². The predicted octanol–water partition coefficient (Wildman–Crippen LogP) is 2.56. The van der Waals surface area contributed by atoms with Gasteiger partial charge in [-0.05, 0) is 36.2 Å². The lowest BCUT2D eigenvalue weighted by atomic mass is 10.2. The minimum atomic E-state index is 0.677. The van der Waals surface area contributed by atoms with Gasteiger partial charge in [-0.15, -0.1) is 0 Å². The van der Waals surface area contributed by atoms with Crippen LogP contribution in [-0.2, 0) is 6.54 Å². The lowest BCUT2D eigenvalue weighted by molar-refractivity contribution is 0.311. The van der Waals surface area contributed by atoms with E-state index in [0.717, 1.165) is 18.8 Å². The molecule has 0 aliphatic rings. The number of hydrogen-bond donors (Lipinski definition) is 1. The summed E-state index contributed by atoms with van der Waals surface area (Å²) in [6.45, 7) is 4.41. The van der Waals surface area contributed by atoms with Crippen molar-refractivity contribution < 1.29 is 4.74 Å². The quantitative estimate of drug-likeness (QED) is 0.790. The van der Waals surface area contributed by atoms with E-state index in [-0.39, 0.29) is 0 Å². The first-order valence-corrected chi connectivity index (χ1v) is 6.14. The summed E-state index contributed by atoms with van der Waals surface area (Å²) in [5.41, 5.74) is 2.41. The zero-order chi connectivity index (χ0) is 12.6. The van der Waals surface area contributed by atoms with E-state index in [1.165, 1.54) is 11.1 Å². The summed E-state index contributed by atoms with van der Waals surface area (Å²) in [5, 5.41) is 3.34. The molecule has 0 fully saturated rings. The second kappa shape index (κ2) is 6.77. The van der Waals surface area contributed by atoms with Gasteiger partial charge >= 0.3 is 0 Å². The molecule has 0 bridgehead atoms. The molecule has 3 nitrogen and oxygen atoms in total. The molecule has 18 heavy (non-hydrogen) atoms. The molecule has 94 valence electrons. The Balaban J connectivity index is 1.66. The van der Waals surface area contributed by atoms with Crippen LogP contribution in [0, 0.1) is 6.92 Å². The first kappa shape index (κ1) is 12.6. The minimum Gasteiger partial charge on any atom is -0.492 e. The summed E-state index contributed by atoms with van der Waals surface area (Å²) >= 11 is 0. The Morgan fingerprint density at radius 3 is 2.67 bits per heavy atom. The van der Waals surface area contributed by atoms with Gasteiger partial charge in [-0.3, -0.25) is 4.98 Å². The summed E-state index contributed by atoms with van der Waals surface area (Å²) in [4.78, 5) is 3.99. The van der Waals surface area contributed by atoms with Gasteiger partial charge in [0.15, 0.2) is 0 Å². The van der Waals surface area contributed by atoms with E-state index < -0.39 is 0 Å². The standard InChI is InChI=1S/C15H18N2O/c1-13-4-2-3-5-15(13)18-11-10-17-12-14-6-8-16-9-7-14/h2-9,17H,10-12H2,1H3. The molecular formula is C15H18N2O. The number of ether oxygens (including phenoxy) is 1. The molecule has 0 unspecified atom stereocenters. The van der Waals surface area contributed by atoms with Crippen molar-refractivity contribution in [2.75, 3.05) is 13.2 Å². The fourth-order valence-corrected chi connectivity index (χ4v) is 1.68. The Labute approximate surface area is 108 Å². The third-order valence-corrected chi connectivity index (χ3v) is 2.71. The number of pyridine rings is 1. The van der Waals surface area contributed by atoms with Crippen molar-refractivity contribution in [3.8, 4) is 5.75 Å². The van der Waals surface area contributed by atoms with Crippen LogP contribution in [0.5, 0.6) is 5.75 Å². The number of nitrogens with one attached hydrogen (secondary N) is 1. The van der Waals surface area contributed by atoms with Crippen molar-refractivity contribution in [1.82, 2.24) is 10.3 Å². The second-order valence-electron chi connectivity index (χ2n) is 4.15. The average Bonchev–Trinajstić information content (AvgIpc) is 2.42. The van der Waals surface area contributed by atoms with E-state index in [1.54, 1.807) is 12.4 Å². The second-order valence-corrected chi connectivity index (χ2v) is 4.15. The van der Waals surface area contributed by atoms with Crippen molar-refractivity contribution in [3.63, 3.8) is 0 Å². The zero-order valence-electron chi connectivity index (χ0n) is 10.6. The first-order chi connectivity index (χ1) is 8.86. The highest BCUT2D eigenvalue weighted by Crippen LogP contribution is 2.15. The molecule has 2 aromatic rings. The summed E-state index contributed by atoms with van der Waals surface area (Å²) in [5.74, 6) is 0.961. The normalized spacial score (nSPS) is 10.3. The number of aromatic nitrogens is 1. The van der Waals surface area contributed by atoms with Crippen LogP contribution < -0.4 is 10.1 Å². The highest BCUT2D eigenvalue weighted by atomic mass is 16.5. The van der Waals surface area contributed by atoms with Crippen LogP contribution in [0.4, 0.5) is 0 Å².